The van der Waals surface area contributed by atoms with E-state index in [0.29, 0.717) is 0 Å². The zero-order valence-corrected chi connectivity index (χ0v) is 6.38. The number of hydrogen-bond donors (Lipinski definition) is 0. The molecule has 1 heterocycles. The lowest BCUT2D eigenvalue weighted by Crippen LogP contribution is -1.97. The van der Waals surface area contributed by atoms with Gasteiger partial charge in [0.1, 0.15) is 0 Å². The molecule has 0 atom stereocenters. The van der Waals surface area contributed by atoms with Gasteiger partial charge in [0.2, 0.25) is 0 Å². The topological polar surface area (TPSA) is 17.8 Å². The summed E-state index contributed by atoms with van der Waals surface area (Å²) >= 11 is 0. The summed E-state index contributed by atoms with van der Waals surface area (Å²) in [5.74, 6) is 0. The van der Waals surface area contributed by atoms with Gasteiger partial charge in [-0.1, -0.05) is 13.3 Å². The van der Waals surface area contributed by atoms with Crippen LogP contribution < -0.4 is 0 Å². The predicted octanol–water partition coefficient (Wildman–Crippen LogP) is 1.87. The summed E-state index contributed by atoms with van der Waals surface area (Å²) in [6.45, 7) is 7.07. The molecule has 0 aromatic carbocycles. The van der Waals surface area contributed by atoms with E-state index < -0.39 is 0 Å². The summed E-state index contributed by atoms with van der Waals surface area (Å²) in [6.07, 6.45) is 6.05. The van der Waals surface area contributed by atoms with E-state index in [1.54, 1.807) is 6.20 Å². The van der Waals surface area contributed by atoms with Gasteiger partial charge in [0.05, 0.1) is 6.33 Å². The van der Waals surface area contributed by atoms with E-state index in [0.717, 1.165) is 12.2 Å². The quantitative estimate of drug-likeness (QED) is 0.621. The predicted molar refractivity (Wildman–Crippen MR) is 41.6 cm³/mol. The lowest BCUT2D eigenvalue weighted by molar-refractivity contribution is 0.625. The Morgan fingerprint density at radius 2 is 2.50 bits per heavy atom. The molecule has 0 saturated heterocycles. The number of imidazole rings is 1. The second-order valence-corrected chi connectivity index (χ2v) is 2.43. The van der Waals surface area contributed by atoms with Crippen LogP contribution in [-0.4, -0.2) is 9.55 Å². The summed E-state index contributed by atoms with van der Waals surface area (Å²) in [6, 6.07) is 0. The molecule has 1 rings (SSSR count). The van der Waals surface area contributed by atoms with Crippen molar-refractivity contribution in [3.63, 3.8) is 0 Å². The normalized spacial score (nSPS) is 10.2. The van der Waals surface area contributed by atoms with Crippen molar-refractivity contribution in [1.29, 1.82) is 0 Å². The molecule has 10 heavy (non-hydrogen) atoms. The Hall–Kier alpha value is -0.790. The fourth-order valence-corrected chi connectivity index (χ4v) is 0.878. The van der Waals surface area contributed by atoms with Crippen molar-refractivity contribution in [2.24, 2.45) is 0 Å². The van der Waals surface area contributed by atoms with Gasteiger partial charge in [-0.2, -0.15) is 0 Å². The molecule has 1 aromatic heterocycles. The number of aromatic nitrogens is 2. The summed E-state index contributed by atoms with van der Waals surface area (Å²) in [5.41, 5.74) is 1.01. The third-order valence-corrected chi connectivity index (χ3v) is 1.55. The van der Waals surface area contributed by atoms with Gasteiger partial charge in [0, 0.05) is 18.4 Å². The summed E-state index contributed by atoms with van der Waals surface area (Å²) < 4.78 is 2.07. The third kappa shape index (κ3) is 1.59. The Balaban J connectivity index is 2.49. The second kappa shape index (κ2) is 3.40. The van der Waals surface area contributed by atoms with Crippen molar-refractivity contribution >= 4 is 0 Å². The lowest BCUT2D eigenvalue weighted by Gasteiger charge is -2.01. The molecule has 0 spiro atoms. The van der Waals surface area contributed by atoms with Crippen molar-refractivity contribution < 1.29 is 0 Å². The monoisotopic (exact) mass is 137 g/mol. The standard InChI is InChI=1S/C8H13N2/c1-3-4-5-10-7-9-6-8(10)2/h6-7H,2-5H2,1H3. The van der Waals surface area contributed by atoms with Crippen LogP contribution in [0.15, 0.2) is 12.5 Å². The van der Waals surface area contributed by atoms with E-state index in [9.17, 15) is 0 Å². The highest BCUT2D eigenvalue weighted by atomic mass is 15.0. The van der Waals surface area contributed by atoms with Gasteiger partial charge in [-0.15, -0.1) is 0 Å². The molecule has 0 N–H and O–H groups in total. The molecule has 0 fully saturated rings. The van der Waals surface area contributed by atoms with Gasteiger partial charge in [-0.05, 0) is 13.3 Å². The van der Waals surface area contributed by atoms with Crippen molar-refractivity contribution in [1.82, 2.24) is 9.55 Å². The van der Waals surface area contributed by atoms with Gasteiger partial charge in [0.25, 0.3) is 0 Å². The fraction of sp³-hybridized carbons (Fsp3) is 0.500. The molecule has 0 aliphatic rings. The van der Waals surface area contributed by atoms with E-state index in [1.807, 2.05) is 6.33 Å². The molecule has 1 radical (unpaired) electrons. The van der Waals surface area contributed by atoms with Gasteiger partial charge in [-0.25, -0.2) is 4.98 Å². The molecule has 55 valence electrons. The Kier molecular flexibility index (Phi) is 2.49. The Bertz CT molecular complexity index is 191. The number of nitrogens with zero attached hydrogens (tertiary/aromatic N) is 2. The van der Waals surface area contributed by atoms with Crippen LogP contribution in [0.2, 0.25) is 0 Å². The number of hydrogen-bond acceptors (Lipinski definition) is 1. The van der Waals surface area contributed by atoms with E-state index in [4.69, 9.17) is 0 Å². The highest BCUT2D eigenvalue weighted by molar-refractivity contribution is 5.01. The van der Waals surface area contributed by atoms with E-state index in [2.05, 4.69) is 23.4 Å². The van der Waals surface area contributed by atoms with E-state index in [-0.39, 0.29) is 0 Å². The fourth-order valence-electron chi connectivity index (χ4n) is 0.878. The van der Waals surface area contributed by atoms with E-state index in [1.165, 1.54) is 12.8 Å². The Labute approximate surface area is 61.9 Å². The zero-order valence-electron chi connectivity index (χ0n) is 6.38. The lowest BCUT2D eigenvalue weighted by atomic mass is 10.3. The maximum atomic E-state index is 3.98. The van der Waals surface area contributed by atoms with Crippen LogP contribution in [0.4, 0.5) is 0 Å². The van der Waals surface area contributed by atoms with Crippen LogP contribution in [-0.2, 0) is 6.54 Å². The molecule has 0 amide bonds. The van der Waals surface area contributed by atoms with Gasteiger partial charge in [0.15, 0.2) is 0 Å². The van der Waals surface area contributed by atoms with Crippen molar-refractivity contribution in [3.8, 4) is 0 Å². The first kappa shape index (κ1) is 7.32. The summed E-state index contributed by atoms with van der Waals surface area (Å²) in [7, 11) is 0. The molecular weight excluding hydrogens is 124 g/mol. The van der Waals surface area contributed by atoms with Crippen LogP contribution in [0, 0.1) is 6.92 Å². The van der Waals surface area contributed by atoms with Gasteiger partial charge < -0.3 is 4.57 Å². The third-order valence-electron chi connectivity index (χ3n) is 1.55. The summed E-state index contributed by atoms with van der Waals surface area (Å²) in [5, 5.41) is 0. The van der Waals surface area contributed by atoms with E-state index >= 15 is 0 Å². The molecule has 0 saturated carbocycles. The number of aryl methyl sites for hydroxylation is 1. The van der Waals surface area contributed by atoms with Crippen molar-refractivity contribution in [2.45, 2.75) is 26.3 Å². The molecule has 0 aliphatic heterocycles. The van der Waals surface area contributed by atoms with Crippen molar-refractivity contribution in [3.05, 3.63) is 25.1 Å². The Morgan fingerprint density at radius 3 is 3.00 bits per heavy atom. The first-order valence-corrected chi connectivity index (χ1v) is 3.66. The molecule has 1 aromatic rings. The highest BCUT2D eigenvalue weighted by Crippen LogP contribution is 1.99. The van der Waals surface area contributed by atoms with Crippen LogP contribution in [0.1, 0.15) is 25.5 Å². The SMILES string of the molecule is [CH2]c1cncn1CCCC. The average molecular weight is 137 g/mol. The first-order valence-electron chi connectivity index (χ1n) is 3.66. The minimum Gasteiger partial charge on any atom is -0.335 e. The maximum Gasteiger partial charge on any atom is 0.0948 e. The average Bonchev–Trinajstić information content (AvgIpc) is 2.31. The van der Waals surface area contributed by atoms with Crippen molar-refractivity contribution in [2.75, 3.05) is 0 Å². The molecule has 2 heteroatoms. The largest absolute Gasteiger partial charge is 0.335 e. The first-order chi connectivity index (χ1) is 4.84. The number of rotatable bonds is 3. The minimum absolute atomic E-state index is 1.01. The van der Waals surface area contributed by atoms with Crippen LogP contribution in [0.5, 0.6) is 0 Å². The molecule has 2 nitrogen and oxygen atoms in total. The second-order valence-electron chi connectivity index (χ2n) is 2.43. The molecule has 0 aliphatic carbocycles. The smallest absolute Gasteiger partial charge is 0.0948 e. The van der Waals surface area contributed by atoms with Gasteiger partial charge >= 0.3 is 0 Å². The number of unbranched alkanes of at least 4 members (excludes halogenated alkanes) is 1. The minimum atomic E-state index is 1.01. The highest BCUT2D eigenvalue weighted by Gasteiger charge is 1.93. The zero-order chi connectivity index (χ0) is 7.40. The summed E-state index contributed by atoms with van der Waals surface area (Å²) in [4.78, 5) is 3.98. The molecule has 0 bridgehead atoms. The maximum absolute atomic E-state index is 3.98. The van der Waals surface area contributed by atoms with Crippen LogP contribution >= 0.6 is 0 Å². The molecule has 0 unspecified atom stereocenters. The van der Waals surface area contributed by atoms with Crippen LogP contribution in [0.25, 0.3) is 0 Å². The van der Waals surface area contributed by atoms with Gasteiger partial charge in [-0.3, -0.25) is 0 Å². The van der Waals surface area contributed by atoms with Crippen LogP contribution in [0.3, 0.4) is 0 Å². The molecular formula is C8H13N2. The Morgan fingerprint density at radius 1 is 1.70 bits per heavy atom.